The molecule has 3 aromatic carbocycles. The largest absolute Gasteiger partial charge is 0.508 e. The van der Waals surface area contributed by atoms with E-state index in [-0.39, 0.29) is 23.8 Å². The average Bonchev–Trinajstić information content (AvgIpc) is 3.78. The predicted molar refractivity (Wildman–Crippen MR) is 193 cm³/mol. The van der Waals surface area contributed by atoms with Crippen LogP contribution < -0.4 is 10.2 Å². The Morgan fingerprint density at radius 1 is 0.961 bits per heavy atom. The number of benzene rings is 3. The predicted octanol–water partition coefficient (Wildman–Crippen LogP) is 5.86. The zero-order valence-electron chi connectivity index (χ0n) is 28.6. The van der Waals surface area contributed by atoms with Gasteiger partial charge in [0, 0.05) is 67.7 Å². The Bertz CT molecular complexity index is 1810. The van der Waals surface area contributed by atoms with Crippen molar-refractivity contribution < 1.29 is 33.4 Å². The number of phenols is 1. The van der Waals surface area contributed by atoms with Crippen LogP contribution in [0.25, 0.3) is 11.1 Å². The molecule has 1 fully saturated rings. The Morgan fingerprint density at radius 3 is 2.43 bits per heavy atom. The van der Waals surface area contributed by atoms with E-state index in [1.54, 1.807) is 5.38 Å². The Balaban J connectivity index is 1.06. The lowest BCUT2D eigenvalue weighted by Gasteiger charge is -2.36. The minimum absolute atomic E-state index is 0.0146. The van der Waals surface area contributed by atoms with E-state index in [1.165, 1.54) is 28.5 Å². The number of carbonyl (C=O) groups is 3. The third-order valence-corrected chi connectivity index (χ3v) is 9.81. The first-order chi connectivity index (χ1) is 24.8. The van der Waals surface area contributed by atoms with Gasteiger partial charge in [0.25, 0.3) is 11.8 Å². The number of piperazine rings is 1. The van der Waals surface area contributed by atoms with Crippen molar-refractivity contribution in [3.8, 4) is 16.9 Å². The van der Waals surface area contributed by atoms with Gasteiger partial charge in [-0.2, -0.15) is 0 Å². The number of amides is 3. The number of rotatable bonds is 15. The molecule has 1 atom stereocenters. The van der Waals surface area contributed by atoms with Crippen molar-refractivity contribution in [1.29, 1.82) is 0 Å². The zero-order chi connectivity index (χ0) is 35.7. The molecule has 51 heavy (non-hydrogen) atoms. The maximum Gasteiger partial charge on any atom is 0.255 e. The number of hydrogen-bond acceptors (Lipinski definition) is 9. The molecule has 0 saturated carbocycles. The van der Waals surface area contributed by atoms with Crippen molar-refractivity contribution in [3.63, 3.8) is 0 Å². The Hall–Kier alpha value is -4.85. The molecule has 13 heteroatoms. The summed E-state index contributed by atoms with van der Waals surface area (Å²) < 4.78 is 25.4. The molecule has 0 aliphatic carbocycles. The monoisotopic (exact) mass is 715 g/mol. The van der Waals surface area contributed by atoms with Gasteiger partial charge in [-0.25, -0.2) is 9.37 Å². The number of anilines is 2. The summed E-state index contributed by atoms with van der Waals surface area (Å²) in [4.78, 5) is 49.7. The van der Waals surface area contributed by atoms with E-state index < -0.39 is 23.7 Å². The Kier molecular flexibility index (Phi) is 11.9. The lowest BCUT2D eigenvalue weighted by molar-refractivity contribution is -0.132. The SMILES string of the molecule is CCCCOCCOCCC(=O)N1CCN(c2ccc(-c3ccc4c(c3)C(=O)N(C(C(=O)Nc3nccs3)c3cc(F)ccc3O)C4)cc2)CC1. The van der Waals surface area contributed by atoms with Crippen molar-refractivity contribution >= 4 is 39.9 Å². The van der Waals surface area contributed by atoms with Crippen LogP contribution in [0, 0.1) is 5.82 Å². The van der Waals surface area contributed by atoms with Gasteiger partial charge < -0.3 is 29.3 Å². The number of halogens is 1. The lowest BCUT2D eigenvalue weighted by atomic mass is 10.00. The van der Waals surface area contributed by atoms with Gasteiger partial charge in [-0.05, 0) is 59.5 Å². The molecular formula is C38H42FN5O6S. The van der Waals surface area contributed by atoms with Crippen molar-refractivity contribution in [2.24, 2.45) is 0 Å². The maximum absolute atomic E-state index is 14.3. The fraction of sp³-hybridized carbons (Fsp3) is 0.368. The van der Waals surface area contributed by atoms with E-state index in [2.05, 4.69) is 22.1 Å². The van der Waals surface area contributed by atoms with Crippen LogP contribution in [-0.2, 0) is 25.6 Å². The number of ether oxygens (including phenoxy) is 2. The number of phenolic OH excluding ortho intramolecular Hbond substituents is 1. The molecule has 0 bridgehead atoms. The van der Waals surface area contributed by atoms with Gasteiger partial charge in [-0.15, -0.1) is 11.3 Å². The number of aromatic hydroxyl groups is 1. The number of carbonyl (C=O) groups excluding carboxylic acids is 3. The van der Waals surface area contributed by atoms with Gasteiger partial charge >= 0.3 is 0 Å². The number of thiazole rings is 1. The normalized spacial score (nSPS) is 14.9. The van der Waals surface area contributed by atoms with Gasteiger partial charge in [0.05, 0.1) is 26.2 Å². The van der Waals surface area contributed by atoms with E-state index in [0.29, 0.717) is 50.0 Å². The molecule has 3 amide bonds. The second kappa shape index (κ2) is 16.9. The van der Waals surface area contributed by atoms with Gasteiger partial charge in [-0.3, -0.25) is 19.7 Å². The summed E-state index contributed by atoms with van der Waals surface area (Å²) >= 11 is 1.21. The fourth-order valence-electron chi connectivity index (χ4n) is 6.33. The minimum atomic E-state index is -1.29. The molecule has 1 unspecified atom stereocenters. The number of hydrogen-bond donors (Lipinski definition) is 2. The molecule has 268 valence electrons. The van der Waals surface area contributed by atoms with E-state index in [9.17, 15) is 23.9 Å². The molecule has 2 aliphatic rings. The highest BCUT2D eigenvalue weighted by molar-refractivity contribution is 7.13. The second-order valence-corrected chi connectivity index (χ2v) is 13.4. The summed E-state index contributed by atoms with van der Waals surface area (Å²) in [6.07, 6.45) is 4.04. The molecule has 0 radical (unpaired) electrons. The maximum atomic E-state index is 14.3. The molecule has 3 heterocycles. The highest BCUT2D eigenvalue weighted by Gasteiger charge is 2.39. The molecule has 2 N–H and O–H groups in total. The van der Waals surface area contributed by atoms with Crippen LogP contribution in [-0.4, -0.2) is 90.2 Å². The standard InChI is InChI=1S/C38H42FN5O6S/c1-2-3-18-49-20-21-50-19-12-34(46)43-16-14-42(15-17-43)30-9-6-26(7-10-30)27-4-5-28-25-44(37(48)31(28)23-27)35(32-24-29(39)8-11-33(32)45)36(47)41-38-40-13-22-51-38/h4-11,13,22-24,35,45H,2-3,12,14-21,25H2,1H3,(H,40,41,47). The summed E-state index contributed by atoms with van der Waals surface area (Å²) in [7, 11) is 0. The molecule has 0 spiro atoms. The number of nitrogens with zero attached hydrogens (tertiary/aromatic N) is 4. The van der Waals surface area contributed by atoms with Gasteiger partial charge in [0.15, 0.2) is 5.13 Å². The summed E-state index contributed by atoms with van der Waals surface area (Å²) in [5.41, 5.74) is 3.94. The zero-order valence-corrected chi connectivity index (χ0v) is 29.4. The topological polar surface area (TPSA) is 125 Å². The highest BCUT2D eigenvalue weighted by atomic mass is 32.1. The number of fused-ring (bicyclic) bond motifs is 1. The van der Waals surface area contributed by atoms with Crippen LogP contribution in [0.15, 0.2) is 72.2 Å². The number of aromatic nitrogens is 1. The van der Waals surface area contributed by atoms with Crippen LogP contribution >= 0.6 is 11.3 Å². The molecular weight excluding hydrogens is 674 g/mol. The van der Waals surface area contributed by atoms with Crippen LogP contribution in [0.5, 0.6) is 5.75 Å². The molecule has 2 aliphatic heterocycles. The third kappa shape index (κ3) is 8.73. The van der Waals surface area contributed by atoms with Crippen molar-refractivity contribution in [1.82, 2.24) is 14.8 Å². The highest BCUT2D eigenvalue weighted by Crippen LogP contribution is 2.38. The molecule has 4 aromatic rings. The fourth-order valence-corrected chi connectivity index (χ4v) is 6.86. The minimum Gasteiger partial charge on any atom is -0.508 e. The van der Waals surface area contributed by atoms with Crippen LogP contribution in [0.3, 0.4) is 0 Å². The summed E-state index contributed by atoms with van der Waals surface area (Å²) in [5.74, 6) is -1.85. The number of nitrogens with one attached hydrogen (secondary N) is 1. The van der Waals surface area contributed by atoms with E-state index in [4.69, 9.17) is 9.47 Å². The van der Waals surface area contributed by atoms with Crippen LogP contribution in [0.2, 0.25) is 0 Å². The third-order valence-electron chi connectivity index (χ3n) is 9.12. The average molecular weight is 716 g/mol. The summed E-state index contributed by atoms with van der Waals surface area (Å²) in [6, 6.07) is 15.7. The van der Waals surface area contributed by atoms with Crippen molar-refractivity contribution in [2.75, 3.05) is 62.8 Å². The molecule has 1 aromatic heterocycles. The first kappa shape index (κ1) is 36.0. The van der Waals surface area contributed by atoms with Gasteiger partial charge in [0.1, 0.15) is 17.6 Å². The second-order valence-electron chi connectivity index (χ2n) is 12.5. The van der Waals surface area contributed by atoms with Gasteiger partial charge in [-0.1, -0.05) is 37.6 Å². The van der Waals surface area contributed by atoms with Crippen LogP contribution in [0.1, 0.15) is 53.7 Å². The van der Waals surface area contributed by atoms with Crippen LogP contribution in [0.4, 0.5) is 15.2 Å². The quantitative estimate of drug-likeness (QED) is 0.147. The first-order valence-corrected chi connectivity index (χ1v) is 18.1. The molecule has 6 rings (SSSR count). The lowest BCUT2D eigenvalue weighted by Crippen LogP contribution is -2.49. The Morgan fingerprint density at radius 2 is 1.71 bits per heavy atom. The Labute approximate surface area is 300 Å². The molecule has 11 nitrogen and oxygen atoms in total. The van der Waals surface area contributed by atoms with Crippen molar-refractivity contribution in [2.45, 2.75) is 38.8 Å². The van der Waals surface area contributed by atoms with Gasteiger partial charge in [0.2, 0.25) is 5.91 Å². The van der Waals surface area contributed by atoms with E-state index in [0.717, 1.165) is 67.0 Å². The van der Waals surface area contributed by atoms with E-state index in [1.807, 2.05) is 47.4 Å². The number of unbranched alkanes of at least 4 members (excludes halogenated alkanes) is 1. The van der Waals surface area contributed by atoms with E-state index >= 15 is 0 Å². The molecule has 1 saturated heterocycles. The summed E-state index contributed by atoms with van der Waals surface area (Å²) in [5, 5.41) is 15.4. The smallest absolute Gasteiger partial charge is 0.255 e. The first-order valence-electron chi connectivity index (χ1n) is 17.2. The summed E-state index contributed by atoms with van der Waals surface area (Å²) in [6.45, 7) is 7.13. The van der Waals surface area contributed by atoms with Crippen molar-refractivity contribution in [3.05, 3.63) is 94.7 Å².